The van der Waals surface area contributed by atoms with E-state index in [-0.39, 0.29) is 10.6 Å². The molecule has 0 spiro atoms. The number of hydrogen-bond donors (Lipinski definition) is 0. The van der Waals surface area contributed by atoms with Crippen LogP contribution < -0.4 is 10.6 Å². The van der Waals surface area contributed by atoms with Crippen molar-refractivity contribution in [2.24, 2.45) is 7.05 Å². The van der Waals surface area contributed by atoms with Crippen LogP contribution in [-0.4, -0.2) is 8.52 Å². The number of nitrogens with zero attached hydrogens (tertiary/aromatic N) is 2. The van der Waals surface area contributed by atoms with E-state index >= 15 is 0 Å². The molecular formula is C9H7BrN2O2S. The lowest BCUT2D eigenvalue weighted by Gasteiger charge is -1.98. The SMILES string of the molecule is Cn1sc(=O)n(-c2ccc(Br)cc2)c1=O. The predicted molar refractivity (Wildman–Crippen MR) is 62.9 cm³/mol. The third-order valence-corrected chi connectivity index (χ3v) is 3.24. The normalized spacial score (nSPS) is 10.5. The van der Waals surface area contributed by atoms with Crippen LogP contribution in [0.15, 0.2) is 38.3 Å². The van der Waals surface area contributed by atoms with Gasteiger partial charge in [0.15, 0.2) is 0 Å². The van der Waals surface area contributed by atoms with Gasteiger partial charge in [-0.25, -0.2) is 13.3 Å². The molecular weight excluding hydrogens is 280 g/mol. The summed E-state index contributed by atoms with van der Waals surface area (Å²) < 4.78 is 3.37. The molecule has 2 aromatic rings. The molecule has 0 fully saturated rings. The first kappa shape index (κ1) is 10.4. The minimum atomic E-state index is -0.313. The van der Waals surface area contributed by atoms with Crippen molar-refractivity contribution in [2.75, 3.05) is 0 Å². The number of aryl methyl sites for hydroxylation is 1. The van der Waals surface area contributed by atoms with Gasteiger partial charge in [-0.05, 0) is 24.3 Å². The molecule has 0 atom stereocenters. The quantitative estimate of drug-likeness (QED) is 0.795. The summed E-state index contributed by atoms with van der Waals surface area (Å²) in [7, 11) is 1.57. The van der Waals surface area contributed by atoms with Crippen LogP contribution in [0.5, 0.6) is 0 Å². The van der Waals surface area contributed by atoms with Crippen LogP contribution in [0.2, 0.25) is 0 Å². The van der Waals surface area contributed by atoms with Gasteiger partial charge in [-0.3, -0.25) is 4.79 Å². The van der Waals surface area contributed by atoms with Gasteiger partial charge < -0.3 is 0 Å². The number of rotatable bonds is 1. The van der Waals surface area contributed by atoms with Crippen LogP contribution in [0.4, 0.5) is 0 Å². The molecule has 1 heterocycles. The van der Waals surface area contributed by atoms with Crippen molar-refractivity contribution in [3.8, 4) is 5.69 Å². The Bertz CT molecular complexity index is 594. The van der Waals surface area contributed by atoms with Crippen LogP contribution >= 0.6 is 27.5 Å². The van der Waals surface area contributed by atoms with Gasteiger partial charge in [-0.1, -0.05) is 15.9 Å². The molecule has 4 nitrogen and oxygen atoms in total. The van der Waals surface area contributed by atoms with Crippen LogP contribution in [0.1, 0.15) is 0 Å². The van der Waals surface area contributed by atoms with Gasteiger partial charge in [0.2, 0.25) is 0 Å². The van der Waals surface area contributed by atoms with Crippen molar-refractivity contribution < 1.29 is 0 Å². The number of halogens is 1. The highest BCUT2D eigenvalue weighted by Gasteiger charge is 2.08. The molecule has 0 radical (unpaired) electrons. The Hall–Kier alpha value is -1.14. The van der Waals surface area contributed by atoms with Crippen molar-refractivity contribution >= 4 is 27.5 Å². The summed E-state index contributed by atoms with van der Waals surface area (Å²) in [6.45, 7) is 0. The van der Waals surface area contributed by atoms with Gasteiger partial charge in [-0.2, -0.15) is 0 Å². The molecule has 0 N–H and O–H groups in total. The van der Waals surface area contributed by atoms with E-state index in [9.17, 15) is 9.59 Å². The van der Waals surface area contributed by atoms with E-state index in [1.54, 1.807) is 31.3 Å². The zero-order valence-corrected chi connectivity index (χ0v) is 10.2. The molecule has 6 heteroatoms. The molecule has 0 saturated carbocycles. The molecule has 15 heavy (non-hydrogen) atoms. The standard InChI is InChI=1S/C9H7BrN2O2S/c1-11-8(13)12(9(14)15-11)7-4-2-6(10)3-5-7/h2-5H,1H3. The second-order valence-electron chi connectivity index (χ2n) is 2.95. The van der Waals surface area contributed by atoms with Gasteiger partial charge in [0, 0.05) is 23.1 Å². The van der Waals surface area contributed by atoms with Gasteiger partial charge in [0.05, 0.1) is 5.69 Å². The highest BCUT2D eigenvalue weighted by Crippen LogP contribution is 2.11. The van der Waals surface area contributed by atoms with Gasteiger partial charge in [0.1, 0.15) is 0 Å². The Kier molecular flexibility index (Phi) is 2.62. The number of aromatic nitrogens is 2. The molecule has 0 aliphatic heterocycles. The smallest absolute Gasteiger partial charge is 0.255 e. The first-order valence-electron chi connectivity index (χ1n) is 4.15. The van der Waals surface area contributed by atoms with Crippen molar-refractivity contribution in [3.05, 3.63) is 48.9 Å². The maximum absolute atomic E-state index is 11.6. The number of benzene rings is 1. The second-order valence-corrected chi connectivity index (χ2v) is 4.94. The second kappa shape index (κ2) is 3.79. The average Bonchev–Trinajstić information content (AvgIpc) is 2.44. The maximum Gasteiger partial charge on any atom is 0.345 e. The van der Waals surface area contributed by atoms with Crippen LogP contribution in [0.25, 0.3) is 5.69 Å². The molecule has 78 valence electrons. The lowest BCUT2D eigenvalue weighted by molar-refractivity contribution is 0.850. The van der Waals surface area contributed by atoms with E-state index in [1.165, 1.54) is 3.96 Å². The molecule has 0 bridgehead atoms. The molecule has 2 rings (SSSR count). The fourth-order valence-corrected chi connectivity index (χ4v) is 2.15. The summed E-state index contributed by atoms with van der Waals surface area (Å²) in [4.78, 5) is 22.8. The van der Waals surface area contributed by atoms with Crippen molar-refractivity contribution in [1.82, 2.24) is 8.52 Å². The van der Waals surface area contributed by atoms with Crippen molar-refractivity contribution in [3.63, 3.8) is 0 Å². The van der Waals surface area contributed by atoms with Gasteiger partial charge >= 0.3 is 10.6 Å². The van der Waals surface area contributed by atoms with E-state index in [1.807, 2.05) is 0 Å². The van der Waals surface area contributed by atoms with Crippen molar-refractivity contribution in [1.29, 1.82) is 0 Å². The van der Waals surface area contributed by atoms with E-state index in [0.29, 0.717) is 5.69 Å². The fourth-order valence-electron chi connectivity index (χ4n) is 1.22. The molecule has 0 aliphatic rings. The summed E-state index contributed by atoms with van der Waals surface area (Å²) >= 11 is 4.19. The third kappa shape index (κ3) is 1.82. The summed E-state index contributed by atoms with van der Waals surface area (Å²) in [5.74, 6) is 0. The van der Waals surface area contributed by atoms with E-state index in [0.717, 1.165) is 20.6 Å². The summed E-state index contributed by atoms with van der Waals surface area (Å²) in [6.07, 6.45) is 0. The van der Waals surface area contributed by atoms with Crippen LogP contribution in [-0.2, 0) is 7.05 Å². The van der Waals surface area contributed by atoms with Crippen LogP contribution in [0.3, 0.4) is 0 Å². The molecule has 0 saturated heterocycles. The van der Waals surface area contributed by atoms with Crippen LogP contribution in [0, 0.1) is 0 Å². The predicted octanol–water partition coefficient (Wildman–Crippen LogP) is 1.36. The molecule has 1 aromatic heterocycles. The Morgan fingerprint density at radius 2 is 1.80 bits per heavy atom. The summed E-state index contributed by atoms with van der Waals surface area (Å²) in [5.41, 5.74) is 0.275. The maximum atomic E-state index is 11.6. The third-order valence-electron chi connectivity index (χ3n) is 1.94. The highest BCUT2D eigenvalue weighted by molar-refractivity contribution is 9.10. The zero-order valence-electron chi connectivity index (χ0n) is 7.81. The Morgan fingerprint density at radius 3 is 2.27 bits per heavy atom. The zero-order chi connectivity index (χ0) is 11.0. The van der Waals surface area contributed by atoms with E-state index in [4.69, 9.17) is 0 Å². The molecule has 0 unspecified atom stereocenters. The Morgan fingerprint density at radius 1 is 1.20 bits per heavy atom. The van der Waals surface area contributed by atoms with Gasteiger partial charge in [-0.15, -0.1) is 0 Å². The first-order chi connectivity index (χ1) is 7.09. The van der Waals surface area contributed by atoms with Gasteiger partial charge in [0.25, 0.3) is 0 Å². The molecule has 1 aromatic carbocycles. The highest BCUT2D eigenvalue weighted by atomic mass is 79.9. The molecule has 0 amide bonds. The Balaban J connectivity index is 2.69. The fraction of sp³-hybridized carbons (Fsp3) is 0.111. The van der Waals surface area contributed by atoms with E-state index in [2.05, 4.69) is 15.9 Å². The topological polar surface area (TPSA) is 44.0 Å². The molecule has 0 aliphatic carbocycles. The summed E-state index contributed by atoms with van der Waals surface area (Å²) in [5, 5.41) is 0. The lowest BCUT2D eigenvalue weighted by atomic mass is 10.3. The summed E-state index contributed by atoms with van der Waals surface area (Å²) in [6, 6.07) is 7.02. The number of hydrogen-bond acceptors (Lipinski definition) is 3. The largest absolute Gasteiger partial charge is 0.345 e. The Labute approximate surface area is 97.7 Å². The minimum Gasteiger partial charge on any atom is -0.255 e. The monoisotopic (exact) mass is 286 g/mol. The van der Waals surface area contributed by atoms with E-state index < -0.39 is 0 Å². The lowest BCUT2D eigenvalue weighted by Crippen LogP contribution is -2.26. The minimum absolute atomic E-state index is 0.273. The first-order valence-corrected chi connectivity index (χ1v) is 5.71. The van der Waals surface area contributed by atoms with Crippen molar-refractivity contribution in [2.45, 2.75) is 0 Å². The average molecular weight is 287 g/mol.